The van der Waals surface area contributed by atoms with Crippen LogP contribution in [0.15, 0.2) is 65.7 Å². The predicted molar refractivity (Wildman–Crippen MR) is 132 cm³/mol. The number of amides is 2. The van der Waals surface area contributed by atoms with Crippen LogP contribution in [0.4, 0.5) is 5.69 Å². The molecule has 1 aromatic heterocycles. The van der Waals surface area contributed by atoms with Crippen LogP contribution in [-0.4, -0.2) is 61.9 Å². The van der Waals surface area contributed by atoms with Crippen molar-refractivity contribution in [3.63, 3.8) is 0 Å². The monoisotopic (exact) mass is 496 g/mol. The third-order valence-electron chi connectivity index (χ3n) is 5.81. The highest BCUT2D eigenvalue weighted by atomic mass is 32.2. The number of carbonyl (C=O) groups is 2. The van der Waals surface area contributed by atoms with E-state index in [2.05, 4.69) is 15.6 Å². The lowest BCUT2D eigenvalue weighted by Gasteiger charge is -2.26. The van der Waals surface area contributed by atoms with Crippen molar-refractivity contribution in [2.45, 2.75) is 24.8 Å². The molecule has 184 valence electrons. The van der Waals surface area contributed by atoms with Crippen LogP contribution in [0.1, 0.15) is 24.2 Å². The number of pyridine rings is 1. The number of aromatic nitrogens is 1. The second-order valence-electron chi connectivity index (χ2n) is 8.64. The summed E-state index contributed by atoms with van der Waals surface area (Å²) < 4.78 is 32.5. The molecule has 2 heterocycles. The number of carbonyl (C=O) groups excluding carboxylic acids is 2. The summed E-state index contributed by atoms with van der Waals surface area (Å²) in [6.45, 7) is 4.84. The summed E-state index contributed by atoms with van der Waals surface area (Å²) in [4.78, 5) is 30.4. The van der Waals surface area contributed by atoms with Crippen LogP contribution in [0, 0.1) is 5.92 Å². The van der Waals surface area contributed by atoms with Crippen molar-refractivity contribution in [2.24, 2.45) is 5.92 Å². The Bertz CT molecular complexity index is 1340. The van der Waals surface area contributed by atoms with Crippen LogP contribution in [0.2, 0.25) is 0 Å². The number of fused-ring (bicyclic) bond motifs is 1. The van der Waals surface area contributed by atoms with Crippen molar-refractivity contribution in [1.29, 1.82) is 0 Å². The Hall–Kier alpha value is -3.34. The number of benzene rings is 2. The smallest absolute Gasteiger partial charge is 0.251 e. The minimum absolute atomic E-state index is 0.0300. The summed E-state index contributed by atoms with van der Waals surface area (Å²) in [5, 5.41) is 6.49. The van der Waals surface area contributed by atoms with Gasteiger partial charge in [-0.05, 0) is 48.4 Å². The Balaban J connectivity index is 1.49. The van der Waals surface area contributed by atoms with Gasteiger partial charge in [0.25, 0.3) is 5.91 Å². The minimum Gasteiger partial charge on any atom is -0.379 e. The molecular formula is C25H28N4O5S. The van der Waals surface area contributed by atoms with Crippen molar-refractivity contribution in [1.82, 2.24) is 14.6 Å². The van der Waals surface area contributed by atoms with E-state index in [1.165, 1.54) is 28.6 Å². The number of sulfonamides is 1. The first kappa shape index (κ1) is 24.8. The molecule has 2 aromatic carbocycles. The average Bonchev–Trinajstić information content (AvgIpc) is 2.87. The molecule has 1 atom stereocenters. The zero-order valence-corrected chi connectivity index (χ0v) is 20.4. The second kappa shape index (κ2) is 10.5. The topological polar surface area (TPSA) is 118 Å². The van der Waals surface area contributed by atoms with E-state index in [0.717, 1.165) is 10.9 Å². The molecule has 0 bridgehead atoms. The molecule has 0 saturated carbocycles. The third-order valence-corrected chi connectivity index (χ3v) is 7.70. The van der Waals surface area contributed by atoms with E-state index in [4.69, 9.17) is 4.74 Å². The first-order valence-corrected chi connectivity index (χ1v) is 12.8. The Morgan fingerprint density at radius 3 is 2.54 bits per heavy atom. The molecule has 0 aliphatic carbocycles. The summed E-state index contributed by atoms with van der Waals surface area (Å²) in [5.41, 5.74) is 1.56. The van der Waals surface area contributed by atoms with E-state index < -0.39 is 22.0 Å². The van der Waals surface area contributed by atoms with Crippen LogP contribution in [0.3, 0.4) is 0 Å². The molecule has 9 nitrogen and oxygen atoms in total. The summed E-state index contributed by atoms with van der Waals surface area (Å²) in [5.74, 6) is -1.10. The number of hydrogen-bond acceptors (Lipinski definition) is 6. The van der Waals surface area contributed by atoms with E-state index in [-0.39, 0.29) is 35.4 Å². The molecule has 10 heteroatoms. The van der Waals surface area contributed by atoms with E-state index in [1.54, 1.807) is 12.3 Å². The fourth-order valence-corrected chi connectivity index (χ4v) is 5.32. The molecule has 0 radical (unpaired) electrons. The number of nitrogens with one attached hydrogen (secondary N) is 2. The largest absolute Gasteiger partial charge is 0.379 e. The van der Waals surface area contributed by atoms with Crippen LogP contribution in [0.5, 0.6) is 0 Å². The zero-order valence-electron chi connectivity index (χ0n) is 19.6. The normalized spacial score (nSPS) is 15.6. The predicted octanol–water partition coefficient (Wildman–Crippen LogP) is 2.65. The van der Waals surface area contributed by atoms with E-state index in [0.29, 0.717) is 18.9 Å². The maximum absolute atomic E-state index is 13.0. The first-order chi connectivity index (χ1) is 16.8. The van der Waals surface area contributed by atoms with Crippen LogP contribution in [-0.2, 0) is 19.6 Å². The molecule has 1 saturated heterocycles. The Labute approximate surface area is 204 Å². The Kier molecular flexibility index (Phi) is 7.44. The number of anilines is 1. The molecule has 1 aliphatic heterocycles. The molecule has 1 unspecified atom stereocenters. The van der Waals surface area contributed by atoms with E-state index >= 15 is 0 Å². The van der Waals surface area contributed by atoms with Crippen molar-refractivity contribution in [3.05, 3.63) is 66.4 Å². The van der Waals surface area contributed by atoms with Crippen molar-refractivity contribution >= 4 is 38.4 Å². The maximum Gasteiger partial charge on any atom is 0.251 e. The molecule has 2 N–H and O–H groups in total. The fraction of sp³-hybridized carbons (Fsp3) is 0.320. The van der Waals surface area contributed by atoms with Gasteiger partial charge in [0.05, 0.1) is 23.6 Å². The lowest BCUT2D eigenvalue weighted by Crippen LogP contribution is -2.47. The SMILES string of the molecule is CC(C)C(NC(=O)c1cccc(S(=O)(=O)N2CCOCC2)c1)C(=O)Nc1ccc2ncccc2c1. The highest BCUT2D eigenvalue weighted by Crippen LogP contribution is 2.20. The highest BCUT2D eigenvalue weighted by Gasteiger charge is 2.28. The summed E-state index contributed by atoms with van der Waals surface area (Å²) in [7, 11) is -3.75. The molecule has 1 aliphatic rings. The van der Waals surface area contributed by atoms with Gasteiger partial charge in [-0.1, -0.05) is 26.0 Å². The third kappa shape index (κ3) is 5.67. The van der Waals surface area contributed by atoms with E-state index in [1.807, 2.05) is 38.1 Å². The quantitative estimate of drug-likeness (QED) is 0.519. The summed E-state index contributed by atoms with van der Waals surface area (Å²) in [6, 6.07) is 14.1. The summed E-state index contributed by atoms with van der Waals surface area (Å²) >= 11 is 0. The van der Waals surface area contributed by atoms with Crippen LogP contribution < -0.4 is 10.6 Å². The van der Waals surface area contributed by atoms with Gasteiger partial charge in [-0.25, -0.2) is 8.42 Å². The highest BCUT2D eigenvalue weighted by molar-refractivity contribution is 7.89. The van der Waals surface area contributed by atoms with Gasteiger partial charge in [0.15, 0.2) is 0 Å². The van der Waals surface area contributed by atoms with Crippen LogP contribution in [0.25, 0.3) is 10.9 Å². The van der Waals surface area contributed by atoms with Gasteiger partial charge in [-0.2, -0.15) is 4.31 Å². The zero-order chi connectivity index (χ0) is 25.0. The summed E-state index contributed by atoms with van der Waals surface area (Å²) in [6.07, 6.45) is 1.70. The molecule has 4 rings (SSSR count). The number of hydrogen-bond donors (Lipinski definition) is 2. The average molecular weight is 497 g/mol. The lowest BCUT2D eigenvalue weighted by molar-refractivity contribution is -0.118. The minimum atomic E-state index is -3.75. The standard InChI is InChI=1S/C25H28N4O5S/c1-17(2)23(25(31)27-20-8-9-22-18(15-20)6-4-10-26-22)28-24(30)19-5-3-7-21(16-19)35(32,33)29-11-13-34-14-12-29/h3-10,15-17,23H,11-14H2,1-2H3,(H,27,31)(H,28,30). The second-order valence-corrected chi connectivity index (χ2v) is 10.6. The van der Waals surface area contributed by atoms with E-state index in [9.17, 15) is 18.0 Å². The van der Waals surface area contributed by atoms with Crippen LogP contribution >= 0.6 is 0 Å². The molecule has 2 amide bonds. The van der Waals surface area contributed by atoms with Gasteiger partial charge in [0.2, 0.25) is 15.9 Å². The van der Waals surface area contributed by atoms with Gasteiger partial charge in [0, 0.05) is 35.9 Å². The number of ether oxygens (including phenoxy) is 1. The molecule has 3 aromatic rings. The number of nitrogens with zero attached hydrogens (tertiary/aromatic N) is 2. The molecule has 0 spiro atoms. The molecule has 35 heavy (non-hydrogen) atoms. The van der Waals surface area contributed by atoms with Gasteiger partial charge in [-0.15, -0.1) is 0 Å². The van der Waals surface area contributed by atoms with Gasteiger partial charge in [-0.3, -0.25) is 14.6 Å². The fourth-order valence-electron chi connectivity index (χ4n) is 3.87. The lowest BCUT2D eigenvalue weighted by atomic mass is 10.0. The Morgan fingerprint density at radius 2 is 1.80 bits per heavy atom. The van der Waals surface area contributed by atoms with Crippen molar-refractivity contribution < 1.29 is 22.7 Å². The van der Waals surface area contributed by atoms with Crippen molar-refractivity contribution in [3.8, 4) is 0 Å². The number of rotatable bonds is 7. The molecule has 1 fully saturated rings. The maximum atomic E-state index is 13.0. The van der Waals surface area contributed by atoms with Crippen molar-refractivity contribution in [2.75, 3.05) is 31.6 Å². The first-order valence-electron chi connectivity index (χ1n) is 11.4. The van der Waals surface area contributed by atoms with Gasteiger partial charge >= 0.3 is 0 Å². The van der Waals surface area contributed by atoms with Gasteiger partial charge in [0.1, 0.15) is 6.04 Å². The molecular weight excluding hydrogens is 468 g/mol. The Morgan fingerprint density at radius 1 is 1.03 bits per heavy atom. The van der Waals surface area contributed by atoms with Gasteiger partial charge < -0.3 is 15.4 Å². The number of morpholine rings is 1.